The van der Waals surface area contributed by atoms with Crippen molar-refractivity contribution in [3.63, 3.8) is 0 Å². The van der Waals surface area contributed by atoms with Gasteiger partial charge in [0.25, 0.3) is 0 Å². The van der Waals surface area contributed by atoms with Gasteiger partial charge in [-0.05, 0) is 68.2 Å². The van der Waals surface area contributed by atoms with Gasteiger partial charge in [0.15, 0.2) is 0 Å². The summed E-state index contributed by atoms with van der Waals surface area (Å²) in [6, 6.07) is 4.90. The van der Waals surface area contributed by atoms with E-state index in [0.29, 0.717) is 6.04 Å². The molecule has 0 amide bonds. The molecule has 1 atom stereocenters. The van der Waals surface area contributed by atoms with E-state index in [4.69, 9.17) is 4.74 Å². The molecule has 0 bridgehead atoms. The van der Waals surface area contributed by atoms with Crippen LogP contribution in [0.1, 0.15) is 48.9 Å². The van der Waals surface area contributed by atoms with Crippen molar-refractivity contribution >= 4 is 11.8 Å². The Kier molecular flexibility index (Phi) is 6.43. The number of thioether (sulfide) groups is 1. The SMILES string of the molecule is CCNC(CC1CCSCC1)c1ccc(C)c(C)c1OC. The van der Waals surface area contributed by atoms with Crippen LogP contribution in [0.4, 0.5) is 0 Å². The first-order valence-corrected chi connectivity index (χ1v) is 9.28. The van der Waals surface area contributed by atoms with E-state index in [0.717, 1.165) is 18.2 Å². The van der Waals surface area contributed by atoms with Gasteiger partial charge in [-0.1, -0.05) is 19.1 Å². The lowest BCUT2D eigenvalue weighted by Crippen LogP contribution is -2.25. The van der Waals surface area contributed by atoms with Crippen molar-refractivity contribution in [2.45, 2.75) is 46.1 Å². The highest BCUT2D eigenvalue weighted by Crippen LogP contribution is 2.36. The van der Waals surface area contributed by atoms with Gasteiger partial charge < -0.3 is 10.1 Å². The fourth-order valence-electron chi connectivity index (χ4n) is 3.24. The minimum absolute atomic E-state index is 0.414. The van der Waals surface area contributed by atoms with Gasteiger partial charge in [-0.15, -0.1) is 0 Å². The maximum absolute atomic E-state index is 5.73. The van der Waals surface area contributed by atoms with E-state index < -0.39 is 0 Å². The Morgan fingerprint density at radius 3 is 2.62 bits per heavy atom. The highest BCUT2D eigenvalue weighted by molar-refractivity contribution is 7.99. The molecular formula is C18H29NOS. The van der Waals surface area contributed by atoms with E-state index >= 15 is 0 Å². The zero-order valence-corrected chi connectivity index (χ0v) is 14.7. The Bertz CT molecular complexity index is 455. The number of aryl methyl sites for hydroxylation is 1. The predicted molar refractivity (Wildman–Crippen MR) is 93.6 cm³/mol. The second-order valence-corrected chi connectivity index (χ2v) is 7.26. The van der Waals surface area contributed by atoms with Crippen molar-refractivity contribution in [3.05, 3.63) is 28.8 Å². The Labute approximate surface area is 134 Å². The quantitative estimate of drug-likeness (QED) is 0.836. The maximum Gasteiger partial charge on any atom is 0.126 e. The molecule has 0 aliphatic carbocycles. The lowest BCUT2D eigenvalue weighted by atomic mass is 9.89. The summed E-state index contributed by atoms with van der Waals surface area (Å²) in [5.74, 6) is 4.58. The van der Waals surface area contributed by atoms with Crippen LogP contribution in [0.15, 0.2) is 12.1 Å². The molecule has 0 spiro atoms. The lowest BCUT2D eigenvalue weighted by Gasteiger charge is -2.28. The van der Waals surface area contributed by atoms with Crippen LogP contribution in [-0.4, -0.2) is 25.2 Å². The third-order valence-electron chi connectivity index (χ3n) is 4.65. The fourth-order valence-corrected chi connectivity index (χ4v) is 4.44. The first-order chi connectivity index (χ1) is 10.2. The Morgan fingerprint density at radius 2 is 2.00 bits per heavy atom. The van der Waals surface area contributed by atoms with E-state index in [1.165, 1.54) is 47.5 Å². The standard InChI is InChI=1S/C18H29NOS/c1-5-19-17(12-15-8-10-21-11-9-15)16-7-6-13(2)14(3)18(16)20-4/h6-7,15,17,19H,5,8-12H2,1-4H3. The summed E-state index contributed by atoms with van der Waals surface area (Å²) >= 11 is 2.10. The molecule has 1 heterocycles. The minimum atomic E-state index is 0.414. The van der Waals surface area contributed by atoms with Crippen LogP contribution in [0, 0.1) is 19.8 Å². The summed E-state index contributed by atoms with van der Waals surface area (Å²) in [4.78, 5) is 0. The summed E-state index contributed by atoms with van der Waals surface area (Å²) in [7, 11) is 1.80. The van der Waals surface area contributed by atoms with E-state index in [2.05, 4.69) is 50.0 Å². The Balaban J connectivity index is 2.22. The first-order valence-electron chi connectivity index (χ1n) is 8.12. The summed E-state index contributed by atoms with van der Waals surface area (Å²) in [6.45, 7) is 7.51. The van der Waals surface area contributed by atoms with Gasteiger partial charge in [0.2, 0.25) is 0 Å². The molecule has 0 aromatic heterocycles. The molecule has 1 N–H and O–H groups in total. The van der Waals surface area contributed by atoms with E-state index in [9.17, 15) is 0 Å². The average molecular weight is 308 g/mol. The topological polar surface area (TPSA) is 21.3 Å². The lowest BCUT2D eigenvalue weighted by molar-refractivity contribution is 0.354. The number of hydrogen-bond acceptors (Lipinski definition) is 3. The van der Waals surface area contributed by atoms with Crippen LogP contribution in [0.2, 0.25) is 0 Å². The third-order valence-corrected chi connectivity index (χ3v) is 5.70. The summed E-state index contributed by atoms with van der Waals surface area (Å²) < 4.78 is 5.73. The van der Waals surface area contributed by atoms with Crippen LogP contribution in [0.3, 0.4) is 0 Å². The Hall–Kier alpha value is -0.670. The van der Waals surface area contributed by atoms with Gasteiger partial charge in [0, 0.05) is 11.6 Å². The molecule has 0 radical (unpaired) electrons. The molecule has 21 heavy (non-hydrogen) atoms. The number of rotatable bonds is 6. The molecule has 0 saturated carbocycles. The third kappa shape index (κ3) is 4.17. The van der Waals surface area contributed by atoms with Crippen molar-refractivity contribution in [3.8, 4) is 5.75 Å². The van der Waals surface area contributed by atoms with E-state index in [-0.39, 0.29) is 0 Å². The van der Waals surface area contributed by atoms with Crippen molar-refractivity contribution in [2.75, 3.05) is 25.2 Å². The van der Waals surface area contributed by atoms with Crippen molar-refractivity contribution in [1.82, 2.24) is 5.32 Å². The van der Waals surface area contributed by atoms with Gasteiger partial charge in [-0.25, -0.2) is 0 Å². The molecule has 1 aliphatic rings. The summed E-state index contributed by atoms with van der Waals surface area (Å²) in [5.41, 5.74) is 3.91. The molecule has 1 fully saturated rings. The minimum Gasteiger partial charge on any atom is -0.496 e. The number of nitrogens with one attached hydrogen (secondary N) is 1. The van der Waals surface area contributed by atoms with Crippen LogP contribution in [0.5, 0.6) is 5.75 Å². The van der Waals surface area contributed by atoms with Crippen molar-refractivity contribution in [1.29, 1.82) is 0 Å². The molecular weight excluding hydrogens is 278 g/mol. The molecule has 118 valence electrons. The maximum atomic E-state index is 5.73. The number of hydrogen-bond donors (Lipinski definition) is 1. The molecule has 1 saturated heterocycles. The number of ether oxygens (including phenoxy) is 1. The smallest absolute Gasteiger partial charge is 0.126 e. The van der Waals surface area contributed by atoms with Crippen molar-refractivity contribution in [2.24, 2.45) is 5.92 Å². The zero-order valence-electron chi connectivity index (χ0n) is 13.9. The highest BCUT2D eigenvalue weighted by Gasteiger charge is 2.23. The molecule has 2 rings (SSSR count). The van der Waals surface area contributed by atoms with Crippen LogP contribution in [0.25, 0.3) is 0 Å². The zero-order chi connectivity index (χ0) is 15.2. The Morgan fingerprint density at radius 1 is 1.29 bits per heavy atom. The normalized spacial score (nSPS) is 17.7. The molecule has 1 aromatic carbocycles. The van der Waals surface area contributed by atoms with Gasteiger partial charge in [-0.2, -0.15) is 11.8 Å². The van der Waals surface area contributed by atoms with Gasteiger partial charge >= 0.3 is 0 Å². The van der Waals surface area contributed by atoms with E-state index in [1.807, 2.05) is 0 Å². The molecule has 1 aromatic rings. The van der Waals surface area contributed by atoms with Gasteiger partial charge in [0.05, 0.1) is 7.11 Å². The molecule has 1 unspecified atom stereocenters. The van der Waals surface area contributed by atoms with E-state index in [1.54, 1.807) is 7.11 Å². The molecule has 1 aliphatic heterocycles. The van der Waals surface area contributed by atoms with Gasteiger partial charge in [0.1, 0.15) is 5.75 Å². The number of methoxy groups -OCH3 is 1. The number of benzene rings is 1. The fraction of sp³-hybridized carbons (Fsp3) is 0.667. The molecule has 3 heteroatoms. The van der Waals surface area contributed by atoms with Crippen LogP contribution in [-0.2, 0) is 0 Å². The first kappa shape index (κ1) is 16.7. The summed E-state index contributed by atoms with van der Waals surface area (Å²) in [6.07, 6.45) is 3.95. The highest BCUT2D eigenvalue weighted by atomic mass is 32.2. The average Bonchev–Trinajstić information content (AvgIpc) is 2.50. The summed E-state index contributed by atoms with van der Waals surface area (Å²) in [5, 5.41) is 3.68. The largest absolute Gasteiger partial charge is 0.496 e. The second kappa shape index (κ2) is 8.09. The predicted octanol–water partition coefficient (Wildman–Crippen LogP) is 4.50. The van der Waals surface area contributed by atoms with Gasteiger partial charge in [-0.3, -0.25) is 0 Å². The molecule has 2 nitrogen and oxygen atoms in total. The van der Waals surface area contributed by atoms with Crippen LogP contribution >= 0.6 is 11.8 Å². The van der Waals surface area contributed by atoms with Crippen LogP contribution < -0.4 is 10.1 Å². The van der Waals surface area contributed by atoms with Crippen molar-refractivity contribution < 1.29 is 4.74 Å². The second-order valence-electron chi connectivity index (χ2n) is 6.03. The monoisotopic (exact) mass is 307 g/mol.